The predicted molar refractivity (Wildman–Crippen MR) is 130 cm³/mol. The van der Waals surface area contributed by atoms with Gasteiger partial charge in [0.25, 0.3) is 8.53 Å². The lowest BCUT2D eigenvalue weighted by Crippen LogP contribution is -2.33. The Labute approximate surface area is 196 Å². The lowest BCUT2D eigenvalue weighted by molar-refractivity contribution is 0.0863. The second-order valence-electron chi connectivity index (χ2n) is 8.73. The number of alkyl carbamates (subject to hydrolysis) is 1. The zero-order chi connectivity index (χ0) is 23.6. The van der Waals surface area contributed by atoms with Gasteiger partial charge in [-0.3, -0.25) is 0 Å². The zero-order valence-electron chi connectivity index (χ0n) is 20.6. The van der Waals surface area contributed by atoms with E-state index in [9.17, 15) is 4.79 Å². The van der Waals surface area contributed by atoms with E-state index >= 15 is 0 Å². The van der Waals surface area contributed by atoms with E-state index in [1.807, 2.05) is 0 Å². The Balaban J connectivity index is 2.17. The number of nitrogens with one attached hydrogen (secondary N) is 1. The first-order valence-corrected chi connectivity index (χ1v) is 13.4. The maximum atomic E-state index is 12.0. The highest BCUT2D eigenvalue weighted by Gasteiger charge is 2.26. The Kier molecular flexibility index (Phi) is 16.5. The largest absolute Gasteiger partial charge is 0.446 e. The number of hydrogen-bond acceptors (Lipinski definition) is 6. The molecule has 8 heteroatoms. The van der Waals surface area contributed by atoms with Crippen LogP contribution in [0.5, 0.6) is 0 Å². The highest BCUT2D eigenvalue weighted by Crippen LogP contribution is 2.46. The molecule has 1 aliphatic carbocycles. The highest BCUT2D eigenvalue weighted by molar-refractivity contribution is 7.44. The molecular weight excluding hydrogens is 425 g/mol. The van der Waals surface area contributed by atoms with Crippen LogP contribution >= 0.6 is 8.53 Å². The van der Waals surface area contributed by atoms with Crippen LogP contribution in [0, 0.1) is 11.3 Å². The summed E-state index contributed by atoms with van der Waals surface area (Å²) in [5.41, 5.74) is 0. The molecule has 2 atom stereocenters. The van der Waals surface area contributed by atoms with Gasteiger partial charge in [0.05, 0.1) is 25.7 Å². The molecule has 0 saturated carbocycles. The molecule has 184 valence electrons. The third-order valence-corrected chi connectivity index (χ3v) is 7.30. The summed E-state index contributed by atoms with van der Waals surface area (Å²) in [6.07, 6.45) is 13.5. The van der Waals surface area contributed by atoms with Gasteiger partial charge in [-0.25, -0.2) is 9.46 Å². The molecule has 1 rings (SSSR count). The van der Waals surface area contributed by atoms with Crippen LogP contribution in [0.4, 0.5) is 4.79 Å². The highest BCUT2D eigenvalue weighted by atomic mass is 31.2. The molecule has 0 aromatic carbocycles. The molecule has 0 fully saturated rings. The van der Waals surface area contributed by atoms with Crippen molar-refractivity contribution in [2.45, 2.75) is 110 Å². The summed E-state index contributed by atoms with van der Waals surface area (Å²) in [6.45, 7) is 10.2. The molecule has 0 saturated heterocycles. The Morgan fingerprint density at radius 3 is 2.47 bits per heavy atom. The SMILES string of the molecule is CC(C)N(C(C)C)P(OCCC#N)OCCCCCCNC(=O)O[C@H]1CC/C=C\CCC1. The van der Waals surface area contributed by atoms with Crippen molar-refractivity contribution < 1.29 is 18.6 Å². The van der Waals surface area contributed by atoms with Gasteiger partial charge < -0.3 is 19.1 Å². The van der Waals surface area contributed by atoms with Gasteiger partial charge in [0, 0.05) is 18.6 Å². The van der Waals surface area contributed by atoms with Crippen molar-refractivity contribution in [2.75, 3.05) is 19.8 Å². The minimum atomic E-state index is -1.16. The van der Waals surface area contributed by atoms with Gasteiger partial charge in [-0.15, -0.1) is 0 Å². The molecule has 0 radical (unpaired) electrons. The van der Waals surface area contributed by atoms with Gasteiger partial charge in [-0.1, -0.05) is 25.0 Å². The van der Waals surface area contributed by atoms with Gasteiger partial charge in [0.2, 0.25) is 0 Å². The number of amides is 1. The molecule has 0 heterocycles. The van der Waals surface area contributed by atoms with Crippen LogP contribution in [-0.4, -0.2) is 48.7 Å². The molecule has 0 aromatic heterocycles. The standard InChI is InChI=1S/C24H44N3O4P/c1-21(2)27(22(3)4)32(30-20-14-17-25)29-19-13-9-8-12-18-26-24(28)31-23-15-10-6-5-7-11-16-23/h5-6,21-23H,7-16,18-20H2,1-4H3,(H,26,28)/b6-5-/t23-,32?/m0/s1. The van der Waals surface area contributed by atoms with Crippen molar-refractivity contribution >= 4 is 14.6 Å². The summed E-state index contributed by atoms with van der Waals surface area (Å²) < 4.78 is 19.8. The zero-order valence-corrected chi connectivity index (χ0v) is 21.4. The van der Waals surface area contributed by atoms with E-state index < -0.39 is 8.53 Å². The number of carbonyl (C=O) groups excluding carboxylic acids is 1. The fourth-order valence-electron chi connectivity index (χ4n) is 3.66. The van der Waals surface area contributed by atoms with Gasteiger partial charge in [0.15, 0.2) is 0 Å². The summed E-state index contributed by atoms with van der Waals surface area (Å²) in [7, 11) is -1.16. The number of allylic oxidation sites excluding steroid dienone is 2. The third kappa shape index (κ3) is 13.4. The minimum Gasteiger partial charge on any atom is -0.446 e. The summed E-state index contributed by atoms with van der Waals surface area (Å²) in [5.74, 6) is 0. The number of unbranched alkanes of at least 4 members (excludes halogenated alkanes) is 3. The van der Waals surface area contributed by atoms with Crippen LogP contribution in [0.3, 0.4) is 0 Å². The van der Waals surface area contributed by atoms with Crippen LogP contribution in [0.2, 0.25) is 0 Å². The quantitative estimate of drug-likeness (QED) is 0.168. The molecule has 32 heavy (non-hydrogen) atoms. The minimum absolute atomic E-state index is 0.0404. The first-order chi connectivity index (χ1) is 15.5. The maximum Gasteiger partial charge on any atom is 0.407 e. The Morgan fingerprint density at radius 2 is 1.75 bits per heavy atom. The van der Waals surface area contributed by atoms with E-state index in [0.717, 1.165) is 57.8 Å². The fraction of sp³-hybridized carbons (Fsp3) is 0.833. The van der Waals surface area contributed by atoms with E-state index in [4.69, 9.17) is 19.0 Å². The van der Waals surface area contributed by atoms with Crippen molar-refractivity contribution in [1.82, 2.24) is 9.99 Å². The summed E-state index contributed by atoms with van der Waals surface area (Å²) in [4.78, 5) is 12.0. The summed E-state index contributed by atoms with van der Waals surface area (Å²) >= 11 is 0. The molecule has 1 amide bonds. The van der Waals surface area contributed by atoms with Gasteiger partial charge in [-0.05, 0) is 72.6 Å². The van der Waals surface area contributed by atoms with Crippen LogP contribution < -0.4 is 5.32 Å². The van der Waals surface area contributed by atoms with E-state index in [1.54, 1.807) is 0 Å². The van der Waals surface area contributed by atoms with Crippen LogP contribution in [-0.2, 0) is 13.8 Å². The Bertz CT molecular complexity index is 558. The van der Waals surface area contributed by atoms with Crippen molar-refractivity contribution in [2.24, 2.45) is 0 Å². The van der Waals surface area contributed by atoms with E-state index in [0.29, 0.717) is 38.3 Å². The molecule has 0 aromatic rings. The monoisotopic (exact) mass is 469 g/mol. The van der Waals surface area contributed by atoms with Gasteiger partial charge in [0.1, 0.15) is 6.10 Å². The molecule has 0 bridgehead atoms. The van der Waals surface area contributed by atoms with Gasteiger partial charge >= 0.3 is 6.09 Å². The van der Waals surface area contributed by atoms with Crippen LogP contribution in [0.25, 0.3) is 0 Å². The molecule has 0 spiro atoms. The van der Waals surface area contributed by atoms with Crippen molar-refractivity contribution in [3.63, 3.8) is 0 Å². The van der Waals surface area contributed by atoms with Crippen LogP contribution in [0.15, 0.2) is 12.2 Å². The number of nitrogens with zero attached hydrogens (tertiary/aromatic N) is 2. The molecule has 7 nitrogen and oxygen atoms in total. The normalized spacial score (nSPS) is 18.8. The molecule has 1 N–H and O–H groups in total. The first kappa shape index (κ1) is 28.8. The molecule has 1 aliphatic rings. The van der Waals surface area contributed by atoms with E-state index in [1.165, 1.54) is 0 Å². The number of rotatable bonds is 15. The summed E-state index contributed by atoms with van der Waals surface area (Å²) in [6, 6.07) is 2.75. The van der Waals surface area contributed by atoms with E-state index in [2.05, 4.69) is 55.9 Å². The number of carbonyl (C=O) groups is 1. The second kappa shape index (κ2) is 18.3. The van der Waals surface area contributed by atoms with Crippen LogP contribution in [0.1, 0.15) is 91.9 Å². The maximum absolute atomic E-state index is 12.0. The average Bonchev–Trinajstić information content (AvgIpc) is 2.71. The smallest absolute Gasteiger partial charge is 0.407 e. The average molecular weight is 470 g/mol. The third-order valence-electron chi connectivity index (χ3n) is 5.20. The van der Waals surface area contributed by atoms with Crippen molar-refractivity contribution in [3.8, 4) is 6.07 Å². The predicted octanol–water partition coefficient (Wildman–Crippen LogP) is 6.45. The lowest BCUT2D eigenvalue weighted by atomic mass is 10.0. The van der Waals surface area contributed by atoms with Crippen molar-refractivity contribution in [1.29, 1.82) is 5.26 Å². The number of hydrogen-bond donors (Lipinski definition) is 1. The number of ether oxygens (including phenoxy) is 1. The molecular formula is C24H44N3O4P. The Morgan fingerprint density at radius 1 is 1.06 bits per heavy atom. The fourth-order valence-corrected chi connectivity index (χ4v) is 5.29. The second-order valence-corrected chi connectivity index (χ2v) is 10.2. The lowest BCUT2D eigenvalue weighted by Gasteiger charge is -2.35. The van der Waals surface area contributed by atoms with Crippen molar-refractivity contribution in [3.05, 3.63) is 12.2 Å². The molecule has 1 unspecified atom stereocenters. The topological polar surface area (TPSA) is 83.8 Å². The van der Waals surface area contributed by atoms with Gasteiger partial charge in [-0.2, -0.15) is 5.26 Å². The number of nitriles is 1. The Hall–Kier alpha value is -1.19. The van der Waals surface area contributed by atoms with E-state index in [-0.39, 0.29) is 12.2 Å². The first-order valence-electron chi connectivity index (χ1n) is 12.3. The summed E-state index contributed by atoms with van der Waals surface area (Å²) in [5, 5.41) is 11.7. The molecule has 0 aliphatic heterocycles.